The first kappa shape index (κ1) is 16.2. The van der Waals surface area contributed by atoms with Crippen LogP contribution in [0.2, 0.25) is 0 Å². The zero-order chi connectivity index (χ0) is 15.2. The first-order valence-corrected chi connectivity index (χ1v) is 6.74. The molecule has 0 saturated heterocycles. The van der Waals surface area contributed by atoms with Gasteiger partial charge < -0.3 is 14.6 Å². The maximum absolute atomic E-state index is 11.7. The number of aryl methyl sites for hydroxylation is 1. The highest BCUT2D eigenvalue weighted by Gasteiger charge is 2.21. The Kier molecular flexibility index (Phi) is 5.74. The number of rotatable bonds is 6. The molecule has 110 valence electrons. The molecule has 4 nitrogen and oxygen atoms in total. The van der Waals surface area contributed by atoms with E-state index in [1.165, 1.54) is 0 Å². The van der Waals surface area contributed by atoms with Crippen LogP contribution < -0.4 is 5.11 Å². The van der Waals surface area contributed by atoms with Crippen molar-refractivity contribution >= 4 is 11.9 Å². The molecule has 0 bridgehead atoms. The van der Waals surface area contributed by atoms with Crippen LogP contribution in [0, 0.1) is 5.92 Å². The van der Waals surface area contributed by atoms with Gasteiger partial charge in [-0.2, -0.15) is 0 Å². The highest BCUT2D eigenvalue weighted by atomic mass is 16.6. The van der Waals surface area contributed by atoms with Crippen molar-refractivity contribution in [2.24, 2.45) is 5.92 Å². The second-order valence-electron chi connectivity index (χ2n) is 5.83. The molecule has 1 aromatic carbocycles. The Morgan fingerprint density at radius 2 is 1.80 bits per heavy atom. The van der Waals surface area contributed by atoms with Gasteiger partial charge in [0.05, 0.1) is 6.42 Å². The average molecular weight is 277 g/mol. The highest BCUT2D eigenvalue weighted by Crippen LogP contribution is 2.16. The minimum Gasteiger partial charge on any atom is -0.550 e. The lowest BCUT2D eigenvalue weighted by atomic mass is 9.96. The van der Waals surface area contributed by atoms with Gasteiger partial charge >= 0.3 is 5.97 Å². The lowest BCUT2D eigenvalue weighted by Gasteiger charge is -2.22. The summed E-state index contributed by atoms with van der Waals surface area (Å²) in [6.45, 7) is 5.26. The van der Waals surface area contributed by atoms with E-state index in [0.29, 0.717) is 12.8 Å². The summed E-state index contributed by atoms with van der Waals surface area (Å²) < 4.78 is 5.14. The van der Waals surface area contributed by atoms with E-state index >= 15 is 0 Å². The van der Waals surface area contributed by atoms with Crippen molar-refractivity contribution < 1.29 is 19.4 Å². The summed E-state index contributed by atoms with van der Waals surface area (Å²) in [5, 5.41) is 11.1. The number of carbonyl (C=O) groups excluding carboxylic acids is 2. The summed E-state index contributed by atoms with van der Waals surface area (Å²) in [6.07, 6.45) is 0.820. The molecule has 0 aliphatic rings. The Labute approximate surface area is 119 Å². The molecular formula is C16H21O4-. The number of benzene rings is 1. The fraction of sp³-hybridized carbons (Fsp3) is 0.500. The van der Waals surface area contributed by atoms with E-state index < -0.39 is 23.5 Å². The van der Waals surface area contributed by atoms with Gasteiger partial charge in [-0.15, -0.1) is 0 Å². The van der Waals surface area contributed by atoms with Gasteiger partial charge in [0.25, 0.3) is 0 Å². The fourth-order valence-electron chi connectivity index (χ4n) is 1.87. The number of carboxylic acid groups (broad SMARTS) is 1. The monoisotopic (exact) mass is 277 g/mol. The minimum absolute atomic E-state index is 0.146. The minimum atomic E-state index is -1.20. The van der Waals surface area contributed by atoms with Crippen molar-refractivity contribution in [3.8, 4) is 0 Å². The molecule has 0 spiro atoms. The van der Waals surface area contributed by atoms with Gasteiger partial charge in [-0.25, -0.2) is 0 Å². The standard InChI is InChI=1S/C16H22O4/c1-16(2,3)20-14(17)11-13(15(18)19)10-9-12-7-5-4-6-8-12/h4-8,13H,9-11H2,1-3H3,(H,18,19)/p-1/t13-/m1/s1. The predicted octanol–water partition coefficient (Wildman–Crippen LogP) is 1.72. The van der Waals surface area contributed by atoms with Crippen molar-refractivity contribution in [1.82, 2.24) is 0 Å². The van der Waals surface area contributed by atoms with Crippen molar-refractivity contribution in [2.75, 3.05) is 0 Å². The number of carboxylic acids is 1. The first-order valence-electron chi connectivity index (χ1n) is 6.74. The smallest absolute Gasteiger partial charge is 0.306 e. The zero-order valence-electron chi connectivity index (χ0n) is 12.2. The Bertz CT molecular complexity index is 445. The second kappa shape index (κ2) is 7.08. The van der Waals surface area contributed by atoms with Crippen LogP contribution >= 0.6 is 0 Å². The van der Waals surface area contributed by atoms with Crippen molar-refractivity contribution in [2.45, 2.75) is 45.6 Å². The van der Waals surface area contributed by atoms with E-state index in [0.717, 1.165) is 5.56 Å². The molecule has 0 heterocycles. The number of carbonyl (C=O) groups is 2. The van der Waals surface area contributed by atoms with Crippen LogP contribution in [0.15, 0.2) is 30.3 Å². The van der Waals surface area contributed by atoms with Crippen LogP contribution in [-0.4, -0.2) is 17.5 Å². The summed E-state index contributed by atoms with van der Waals surface area (Å²) in [5.41, 5.74) is 0.440. The van der Waals surface area contributed by atoms with Crippen molar-refractivity contribution in [3.05, 3.63) is 35.9 Å². The summed E-state index contributed by atoms with van der Waals surface area (Å²) in [7, 11) is 0. The van der Waals surface area contributed by atoms with Crippen LogP contribution in [0.3, 0.4) is 0 Å². The third kappa shape index (κ3) is 6.36. The Morgan fingerprint density at radius 1 is 1.20 bits per heavy atom. The quantitative estimate of drug-likeness (QED) is 0.742. The van der Waals surface area contributed by atoms with Gasteiger partial charge in [0.1, 0.15) is 5.60 Å². The number of aliphatic carboxylic acids is 1. The van der Waals surface area contributed by atoms with Crippen LogP contribution in [0.25, 0.3) is 0 Å². The van der Waals surface area contributed by atoms with E-state index in [1.54, 1.807) is 20.8 Å². The Balaban J connectivity index is 2.53. The molecule has 0 fully saturated rings. The van der Waals surface area contributed by atoms with Crippen molar-refractivity contribution in [3.63, 3.8) is 0 Å². The van der Waals surface area contributed by atoms with Crippen LogP contribution in [0.5, 0.6) is 0 Å². The Hall–Kier alpha value is -1.84. The SMILES string of the molecule is CC(C)(C)OC(=O)C[C@@H](CCc1ccccc1)C(=O)[O-]. The normalized spacial score (nSPS) is 12.8. The fourth-order valence-corrected chi connectivity index (χ4v) is 1.87. The third-order valence-electron chi connectivity index (χ3n) is 2.79. The third-order valence-corrected chi connectivity index (χ3v) is 2.79. The largest absolute Gasteiger partial charge is 0.550 e. The molecule has 0 saturated carbocycles. The topological polar surface area (TPSA) is 66.4 Å². The summed E-state index contributed by atoms with van der Waals surface area (Å²) in [6, 6.07) is 9.56. The predicted molar refractivity (Wildman–Crippen MR) is 73.7 cm³/mol. The van der Waals surface area contributed by atoms with Gasteiger partial charge in [-0.05, 0) is 39.2 Å². The number of esters is 1. The van der Waals surface area contributed by atoms with Gasteiger partial charge in [-0.3, -0.25) is 4.79 Å². The van der Waals surface area contributed by atoms with E-state index in [2.05, 4.69) is 0 Å². The van der Waals surface area contributed by atoms with Gasteiger partial charge in [-0.1, -0.05) is 30.3 Å². The molecule has 4 heteroatoms. The summed E-state index contributed by atoms with van der Waals surface area (Å²) >= 11 is 0. The van der Waals surface area contributed by atoms with E-state index in [-0.39, 0.29) is 6.42 Å². The lowest BCUT2D eigenvalue weighted by molar-refractivity contribution is -0.312. The maximum Gasteiger partial charge on any atom is 0.306 e. The highest BCUT2D eigenvalue weighted by molar-refractivity contribution is 5.77. The number of ether oxygens (including phenoxy) is 1. The molecule has 0 amide bonds. The molecule has 1 atom stereocenters. The summed E-state index contributed by atoms with van der Waals surface area (Å²) in [4.78, 5) is 22.8. The number of hydrogen-bond acceptors (Lipinski definition) is 4. The molecule has 0 N–H and O–H groups in total. The van der Waals surface area contributed by atoms with Crippen molar-refractivity contribution in [1.29, 1.82) is 0 Å². The van der Waals surface area contributed by atoms with E-state index in [4.69, 9.17) is 4.74 Å². The molecular weight excluding hydrogens is 256 g/mol. The van der Waals surface area contributed by atoms with E-state index in [1.807, 2.05) is 30.3 Å². The molecule has 0 unspecified atom stereocenters. The Morgan fingerprint density at radius 3 is 2.30 bits per heavy atom. The maximum atomic E-state index is 11.7. The average Bonchev–Trinajstić information content (AvgIpc) is 2.33. The van der Waals surface area contributed by atoms with Crippen LogP contribution in [-0.2, 0) is 20.7 Å². The first-order chi connectivity index (χ1) is 9.28. The second-order valence-corrected chi connectivity index (χ2v) is 5.83. The van der Waals surface area contributed by atoms with Gasteiger partial charge in [0.15, 0.2) is 0 Å². The molecule has 1 aromatic rings. The van der Waals surface area contributed by atoms with E-state index in [9.17, 15) is 14.7 Å². The van der Waals surface area contributed by atoms with Gasteiger partial charge in [0, 0.05) is 11.9 Å². The van der Waals surface area contributed by atoms with Crippen LogP contribution in [0.1, 0.15) is 39.2 Å². The molecule has 0 aliphatic carbocycles. The molecule has 0 aliphatic heterocycles. The van der Waals surface area contributed by atoms with Crippen LogP contribution in [0.4, 0.5) is 0 Å². The molecule has 0 aromatic heterocycles. The van der Waals surface area contributed by atoms with Gasteiger partial charge in [0.2, 0.25) is 0 Å². The summed E-state index contributed by atoms with van der Waals surface area (Å²) in [5.74, 6) is -2.52. The zero-order valence-corrected chi connectivity index (χ0v) is 12.2. The number of hydrogen-bond donors (Lipinski definition) is 0. The molecule has 0 radical (unpaired) electrons. The molecule has 1 rings (SSSR count). The molecule has 20 heavy (non-hydrogen) atoms. The lowest BCUT2D eigenvalue weighted by Crippen LogP contribution is -2.35.